The van der Waals surface area contributed by atoms with Crippen molar-refractivity contribution in [2.45, 2.75) is 52.2 Å². The summed E-state index contributed by atoms with van der Waals surface area (Å²) in [5.41, 5.74) is -0.858. The minimum absolute atomic E-state index is 0.0497. The number of amides is 2. The molecule has 1 aromatic carbocycles. The highest BCUT2D eigenvalue weighted by Crippen LogP contribution is 2.32. The summed E-state index contributed by atoms with van der Waals surface area (Å²) in [6, 6.07) is -0.0325. The first-order valence-corrected chi connectivity index (χ1v) is 11.2. The van der Waals surface area contributed by atoms with Crippen LogP contribution in [0.15, 0.2) is 12.1 Å². The van der Waals surface area contributed by atoms with E-state index in [4.69, 9.17) is 0 Å². The highest BCUT2D eigenvalue weighted by Gasteiger charge is 2.49. The van der Waals surface area contributed by atoms with Crippen LogP contribution in [-0.2, 0) is 17.9 Å². The minimum Gasteiger partial charge on any atom is -0.338 e. The van der Waals surface area contributed by atoms with Crippen molar-refractivity contribution in [1.29, 1.82) is 0 Å². The molecule has 4 rings (SSSR count). The van der Waals surface area contributed by atoms with Gasteiger partial charge < -0.3 is 20.1 Å². The lowest BCUT2D eigenvalue weighted by Crippen LogP contribution is -2.64. The molecule has 1 atom stereocenters. The maximum atomic E-state index is 14.6. The number of fused-ring (bicyclic) bond motifs is 1. The second-order valence-corrected chi connectivity index (χ2v) is 9.98. The molecule has 190 valence electrons. The normalized spacial score (nSPS) is 18.3. The van der Waals surface area contributed by atoms with Gasteiger partial charge in [0.15, 0.2) is 17.3 Å². The molecule has 7 nitrogen and oxygen atoms in total. The molecule has 0 bridgehead atoms. The zero-order valence-electron chi connectivity index (χ0n) is 19.5. The molecule has 1 aromatic heterocycles. The third-order valence-corrected chi connectivity index (χ3v) is 6.11. The quantitative estimate of drug-likeness (QED) is 0.501. The van der Waals surface area contributed by atoms with Crippen LogP contribution in [0, 0.1) is 22.9 Å². The fourth-order valence-corrected chi connectivity index (χ4v) is 4.26. The van der Waals surface area contributed by atoms with Crippen LogP contribution >= 0.6 is 0 Å². The van der Waals surface area contributed by atoms with Crippen LogP contribution in [0.5, 0.6) is 0 Å². The van der Waals surface area contributed by atoms with E-state index < -0.39 is 59.7 Å². The Kier molecular flexibility index (Phi) is 6.37. The number of nitrogens with one attached hydrogen (secondary N) is 2. The molecule has 1 unspecified atom stereocenters. The average Bonchev–Trinajstić information content (AvgIpc) is 2.92. The summed E-state index contributed by atoms with van der Waals surface area (Å²) in [5.74, 6) is -8.07. The van der Waals surface area contributed by atoms with Gasteiger partial charge in [-0.05, 0) is 24.4 Å². The van der Waals surface area contributed by atoms with Crippen LogP contribution in [0.25, 0.3) is 11.4 Å². The zero-order chi connectivity index (χ0) is 25.7. The molecular formula is C23H26F5N5O2. The molecule has 0 spiro atoms. The van der Waals surface area contributed by atoms with Crippen molar-refractivity contribution >= 4 is 11.8 Å². The second kappa shape index (κ2) is 8.89. The van der Waals surface area contributed by atoms with Crippen LogP contribution in [0.2, 0.25) is 0 Å². The van der Waals surface area contributed by atoms with Gasteiger partial charge in [-0.15, -0.1) is 0 Å². The third kappa shape index (κ3) is 4.89. The van der Waals surface area contributed by atoms with Crippen LogP contribution in [-0.4, -0.2) is 57.9 Å². The molecule has 1 saturated heterocycles. The Balaban J connectivity index is 1.70. The van der Waals surface area contributed by atoms with Gasteiger partial charge in [-0.3, -0.25) is 9.59 Å². The van der Waals surface area contributed by atoms with Crippen molar-refractivity contribution < 1.29 is 31.5 Å². The zero-order valence-corrected chi connectivity index (χ0v) is 19.5. The number of aromatic nitrogens is 2. The molecular weight excluding hydrogens is 473 g/mol. The Morgan fingerprint density at radius 1 is 1.11 bits per heavy atom. The number of alkyl halides is 2. The monoisotopic (exact) mass is 499 g/mol. The predicted octanol–water partition coefficient (Wildman–Crippen LogP) is 3.08. The summed E-state index contributed by atoms with van der Waals surface area (Å²) in [7, 11) is 0. The van der Waals surface area contributed by atoms with Gasteiger partial charge in [0.05, 0.1) is 24.3 Å². The van der Waals surface area contributed by atoms with E-state index in [1.807, 2.05) is 0 Å². The fourth-order valence-electron chi connectivity index (χ4n) is 4.26. The Labute approximate surface area is 198 Å². The molecule has 2 N–H and O–H groups in total. The maximum Gasteiger partial charge on any atom is 0.282 e. The molecule has 3 heterocycles. The molecule has 0 saturated carbocycles. The van der Waals surface area contributed by atoms with E-state index in [9.17, 15) is 31.5 Å². The Morgan fingerprint density at radius 3 is 2.40 bits per heavy atom. The highest BCUT2D eigenvalue weighted by atomic mass is 19.3. The topological polar surface area (TPSA) is 79.3 Å². The molecule has 12 heteroatoms. The number of benzene rings is 1. The van der Waals surface area contributed by atoms with Crippen molar-refractivity contribution in [3.8, 4) is 11.4 Å². The molecule has 35 heavy (non-hydrogen) atoms. The van der Waals surface area contributed by atoms with Gasteiger partial charge in [-0.25, -0.2) is 26.9 Å². The van der Waals surface area contributed by atoms with Gasteiger partial charge >= 0.3 is 0 Å². The first-order chi connectivity index (χ1) is 16.3. The minimum atomic E-state index is -2.96. The van der Waals surface area contributed by atoms with Gasteiger partial charge in [-0.1, -0.05) is 20.8 Å². The first-order valence-electron chi connectivity index (χ1n) is 11.2. The summed E-state index contributed by atoms with van der Waals surface area (Å²) in [4.78, 5) is 31.5. The number of halogens is 5. The lowest BCUT2D eigenvalue weighted by Gasteiger charge is -2.43. The lowest BCUT2D eigenvalue weighted by molar-refractivity contribution is -0.169. The average molecular weight is 499 g/mol. The van der Waals surface area contributed by atoms with Gasteiger partial charge in [0, 0.05) is 19.2 Å². The molecule has 0 aliphatic carbocycles. The van der Waals surface area contributed by atoms with Crippen molar-refractivity contribution in [3.05, 3.63) is 41.0 Å². The number of imidazole rings is 1. The fraction of sp³-hybridized carbons (Fsp3) is 0.522. The third-order valence-electron chi connectivity index (χ3n) is 6.11. The Morgan fingerprint density at radius 2 is 1.77 bits per heavy atom. The van der Waals surface area contributed by atoms with Crippen LogP contribution in [0.1, 0.15) is 43.4 Å². The Bertz CT molecular complexity index is 1170. The van der Waals surface area contributed by atoms with Crippen molar-refractivity contribution in [3.63, 3.8) is 0 Å². The molecule has 2 amide bonds. The van der Waals surface area contributed by atoms with E-state index in [0.29, 0.717) is 37.3 Å². The largest absolute Gasteiger partial charge is 0.338 e. The summed E-state index contributed by atoms with van der Waals surface area (Å²) in [5, 5.41) is 5.74. The van der Waals surface area contributed by atoms with Gasteiger partial charge in [0.1, 0.15) is 17.7 Å². The maximum absolute atomic E-state index is 14.6. The van der Waals surface area contributed by atoms with E-state index in [1.165, 1.54) is 0 Å². The van der Waals surface area contributed by atoms with E-state index >= 15 is 0 Å². The Hall–Kier alpha value is -3.02. The predicted molar refractivity (Wildman–Crippen MR) is 116 cm³/mol. The number of hydrogen-bond donors (Lipinski definition) is 2. The summed E-state index contributed by atoms with van der Waals surface area (Å²) in [6.07, 6.45) is 0.606. The van der Waals surface area contributed by atoms with Gasteiger partial charge in [-0.2, -0.15) is 0 Å². The van der Waals surface area contributed by atoms with Crippen LogP contribution in [0.4, 0.5) is 22.0 Å². The van der Waals surface area contributed by atoms with E-state index in [0.717, 1.165) is 4.90 Å². The summed E-state index contributed by atoms with van der Waals surface area (Å²) >= 11 is 0. The first kappa shape index (κ1) is 25.1. The summed E-state index contributed by atoms with van der Waals surface area (Å²) < 4.78 is 70.2. The van der Waals surface area contributed by atoms with Crippen molar-refractivity contribution in [2.24, 2.45) is 5.41 Å². The van der Waals surface area contributed by atoms with Gasteiger partial charge in [0.2, 0.25) is 5.91 Å². The SMILES string of the molecule is CC(C)(C)C(NC(=O)c1nc(-c2cc(F)c(F)cc2F)n2c1CNCCC2)C(=O)N1CC(F)(F)C1. The number of carbonyl (C=O) groups is 2. The standard InChI is InChI=1S/C23H26F5N5O2/c1-22(2,3)18(21(35)32-10-23(27,28)11-32)31-20(34)17-16-9-29-5-4-6-33(16)19(30-17)12-7-14(25)15(26)8-13(12)24/h7-8,18,29H,4-6,9-11H2,1-3H3,(H,31,34). The highest BCUT2D eigenvalue weighted by molar-refractivity contribution is 5.98. The number of likely N-dealkylation sites (tertiary alicyclic amines) is 1. The number of nitrogens with zero attached hydrogens (tertiary/aromatic N) is 3. The van der Waals surface area contributed by atoms with E-state index in [-0.39, 0.29) is 23.6 Å². The molecule has 1 fully saturated rings. The smallest absolute Gasteiger partial charge is 0.282 e. The van der Waals surface area contributed by atoms with E-state index in [1.54, 1.807) is 25.3 Å². The molecule has 0 radical (unpaired) electrons. The van der Waals surface area contributed by atoms with Crippen molar-refractivity contribution in [1.82, 2.24) is 25.1 Å². The second-order valence-electron chi connectivity index (χ2n) is 9.98. The number of rotatable bonds is 4. The summed E-state index contributed by atoms with van der Waals surface area (Å²) in [6.45, 7) is 4.72. The molecule has 2 aliphatic rings. The number of hydrogen-bond acceptors (Lipinski definition) is 4. The van der Waals surface area contributed by atoms with Crippen LogP contribution in [0.3, 0.4) is 0 Å². The molecule has 2 aromatic rings. The lowest BCUT2D eigenvalue weighted by atomic mass is 9.85. The van der Waals surface area contributed by atoms with Gasteiger partial charge in [0.25, 0.3) is 11.8 Å². The van der Waals surface area contributed by atoms with Crippen molar-refractivity contribution in [2.75, 3.05) is 19.6 Å². The van der Waals surface area contributed by atoms with E-state index in [2.05, 4.69) is 15.6 Å². The number of carbonyl (C=O) groups excluding carboxylic acids is 2. The van der Waals surface area contributed by atoms with Crippen LogP contribution < -0.4 is 10.6 Å². The molecule has 2 aliphatic heterocycles.